The van der Waals surface area contributed by atoms with E-state index in [9.17, 15) is 34.0 Å². The number of sulfone groups is 3. The number of phenols is 2. The first-order valence-corrected chi connectivity index (χ1v) is 43.6. The Morgan fingerprint density at radius 2 is 0.603 bits per heavy atom. The van der Waals surface area contributed by atoms with Gasteiger partial charge < -0.3 is 34.2 Å². The van der Waals surface area contributed by atoms with E-state index in [-0.39, 0.29) is 48.3 Å². The van der Waals surface area contributed by atoms with Gasteiger partial charge in [-0.15, -0.1) is 0 Å². The Bertz CT molecular complexity index is 7410. The Hall–Kier alpha value is -15.8. The van der Waals surface area contributed by atoms with E-state index in [0.717, 1.165) is 131 Å². The van der Waals surface area contributed by atoms with Crippen LogP contribution in [0.3, 0.4) is 0 Å². The zero-order valence-corrected chi connectivity index (χ0v) is 69.0. The molecule has 20 rings (SSSR count). The number of phenolic OH excluding ortho intramolecular Hbond substituents is 2. The van der Waals surface area contributed by atoms with E-state index in [0.29, 0.717) is 40.2 Å². The third-order valence-corrected chi connectivity index (χ3v) is 25.8. The summed E-state index contributed by atoms with van der Waals surface area (Å²) in [5.74, 6) is 4.54. The summed E-state index contributed by atoms with van der Waals surface area (Å²) in [6.45, 7) is 1.91. The number of hydrogen-bond acceptors (Lipinski definition) is 16. The molecule has 0 atom stereocenters. The number of aryl methyl sites for hydroxylation is 2. The van der Waals surface area contributed by atoms with Crippen molar-refractivity contribution in [3.8, 4) is 109 Å². The summed E-state index contributed by atoms with van der Waals surface area (Å²) in [5.41, 5.74) is 16.0. The van der Waals surface area contributed by atoms with Gasteiger partial charge in [0, 0.05) is 12.7 Å². The summed E-state index contributed by atoms with van der Waals surface area (Å²) >= 11 is 0. The number of rotatable bonds is 17. The van der Waals surface area contributed by atoms with Crippen molar-refractivity contribution in [3.05, 3.63) is 393 Å². The number of aromatic hydroxyl groups is 2. The summed E-state index contributed by atoms with van der Waals surface area (Å²) in [6, 6.07) is 108. The van der Waals surface area contributed by atoms with E-state index in [2.05, 4.69) is 19.9 Å². The second-order valence-corrected chi connectivity index (χ2v) is 34.6. The molecule has 0 saturated heterocycles. The van der Waals surface area contributed by atoms with Crippen LogP contribution in [0.25, 0.3) is 118 Å². The minimum atomic E-state index is -3.88. The largest absolute Gasteiger partial charge is 0.508 e. The van der Waals surface area contributed by atoms with Gasteiger partial charge in [0.15, 0.2) is 23.3 Å². The second-order valence-electron chi connectivity index (χ2n) is 28.8. The fraction of sp³-hybridized carbons (Fsp3) is 0.0297. The predicted octanol–water partition coefficient (Wildman–Crippen LogP) is 23.2. The number of halogens is 2. The molecule has 4 N–H and O–H groups in total. The molecule has 0 amide bonds. The highest BCUT2D eigenvalue weighted by molar-refractivity contribution is 7.92. The zero-order valence-electron chi connectivity index (χ0n) is 66.5. The van der Waals surface area contributed by atoms with Crippen LogP contribution in [0.4, 0.5) is 8.78 Å². The highest BCUT2D eigenvalue weighted by Crippen LogP contribution is 2.36. The van der Waals surface area contributed by atoms with Crippen molar-refractivity contribution in [2.75, 3.05) is 0 Å². The number of hydrogen-bond donors (Lipinski definition) is 4. The van der Waals surface area contributed by atoms with Gasteiger partial charge in [0.2, 0.25) is 29.5 Å². The summed E-state index contributed by atoms with van der Waals surface area (Å²) in [5, 5.41) is 18.2. The number of benzene rings is 14. The minimum absolute atomic E-state index is 0. The van der Waals surface area contributed by atoms with E-state index in [1.807, 2.05) is 229 Å². The Labute approximate surface area is 724 Å². The molecule has 0 aliphatic rings. The molecule has 0 unspecified atom stereocenters. The molecule has 0 saturated carbocycles. The number of aromatic nitrogens is 10. The van der Waals surface area contributed by atoms with E-state index in [1.54, 1.807) is 121 Å². The topological polar surface area (TPSA) is 280 Å². The number of ether oxygens (including phenoxy) is 2. The van der Waals surface area contributed by atoms with Crippen LogP contribution in [0.2, 0.25) is 0 Å². The van der Waals surface area contributed by atoms with Gasteiger partial charge in [-0.1, -0.05) is 134 Å². The summed E-state index contributed by atoms with van der Waals surface area (Å²) in [4.78, 5) is 36.1. The number of pyridine rings is 2. The molecule has 20 aromatic rings. The Morgan fingerprint density at radius 3 is 1.00 bits per heavy atom. The van der Waals surface area contributed by atoms with Crippen molar-refractivity contribution in [1.29, 1.82) is 0 Å². The van der Waals surface area contributed by atoms with Gasteiger partial charge in [-0.05, 0) is 284 Å². The summed E-state index contributed by atoms with van der Waals surface area (Å²) in [7, 11) is -9.25. The van der Waals surface area contributed by atoms with Gasteiger partial charge in [0.25, 0.3) is 0 Å². The number of fused-ring (bicyclic) bond motifs is 4. The summed E-state index contributed by atoms with van der Waals surface area (Å²) < 4.78 is 120. The molecule has 0 bridgehead atoms. The average Bonchev–Trinajstić information content (AvgIpc) is 1.61. The lowest BCUT2D eigenvalue weighted by atomic mass is 10.1. The molecule has 25 heteroatoms. The molecule has 6 heterocycles. The molecular weight excluding hydrogens is 1650 g/mol. The van der Waals surface area contributed by atoms with Gasteiger partial charge >= 0.3 is 0 Å². The molecule has 0 fully saturated rings. The Kier molecular flexibility index (Phi) is 24.0. The number of aromatic amines is 2. The zero-order chi connectivity index (χ0) is 86.4. The van der Waals surface area contributed by atoms with Crippen LogP contribution in [0, 0.1) is 18.6 Å². The van der Waals surface area contributed by atoms with E-state index in [1.165, 1.54) is 24.3 Å². The van der Waals surface area contributed by atoms with Crippen LogP contribution < -0.4 is 9.47 Å². The van der Waals surface area contributed by atoms with Crippen LogP contribution in [-0.2, 0) is 36.6 Å². The van der Waals surface area contributed by atoms with Crippen LogP contribution in [0.15, 0.2) is 405 Å². The minimum Gasteiger partial charge on any atom is -0.508 e. The quantitative estimate of drug-likeness (QED) is 0.0617. The lowest BCUT2D eigenvalue weighted by Crippen LogP contribution is -2.04. The predicted molar refractivity (Wildman–Crippen MR) is 486 cm³/mol. The van der Waals surface area contributed by atoms with Gasteiger partial charge in [0.05, 0.1) is 73.5 Å². The third kappa shape index (κ3) is 18.4. The lowest BCUT2D eigenvalue weighted by Gasteiger charge is -2.12. The normalized spacial score (nSPS) is 11.4. The van der Waals surface area contributed by atoms with Crippen LogP contribution >= 0.6 is 0 Å². The SMILES string of the molecule is C.Cc1ccc(S(=O)(=O)c2ccc(Oc3ccc(-c4ccc(Oc5ccc(S(=O)(=O)c6ccc(-n7c(-c8cccc(-c9nc%10ccccc%10n9C)n8)nc8ccccc87)cc6)cc5)cc4)cc3)cc2)cc1.O=S(=O)(c1ccc(F)cc1)c1ccc(F)cc1.Oc1ccc(-c2ccc(O)cc2)cc1.c1cc(-c2nc3ccccc3[nH]2)nc(-c2nc3ccccc3[nH]2)c1. The van der Waals surface area contributed by atoms with Gasteiger partial charge in [-0.25, -0.2) is 63.9 Å². The maximum absolute atomic E-state index is 13.9. The molecule has 0 aliphatic carbocycles. The van der Waals surface area contributed by atoms with E-state index < -0.39 is 41.1 Å². The second kappa shape index (κ2) is 36.1. The van der Waals surface area contributed by atoms with Crippen LogP contribution in [-0.4, -0.2) is 84.5 Å². The molecule has 0 aliphatic heterocycles. The molecule has 0 radical (unpaired) electrons. The highest BCUT2D eigenvalue weighted by Gasteiger charge is 2.24. The average molecular weight is 1720 g/mol. The van der Waals surface area contributed by atoms with E-state index in [4.69, 9.17) is 39.6 Å². The third-order valence-electron chi connectivity index (χ3n) is 20.4. The fourth-order valence-electron chi connectivity index (χ4n) is 13.9. The smallest absolute Gasteiger partial charge is 0.206 e. The number of nitrogens with one attached hydrogen (secondary N) is 2. The fourth-order valence-corrected chi connectivity index (χ4v) is 17.7. The first kappa shape index (κ1) is 83.8. The molecule has 126 heavy (non-hydrogen) atoms. The molecule has 6 aromatic heterocycles. The van der Waals surface area contributed by atoms with E-state index >= 15 is 0 Å². The Balaban J connectivity index is 0.000000166. The van der Waals surface area contributed by atoms with Crippen molar-refractivity contribution in [2.24, 2.45) is 7.05 Å². The van der Waals surface area contributed by atoms with Gasteiger partial charge in [0.1, 0.15) is 68.9 Å². The van der Waals surface area contributed by atoms with Crippen molar-refractivity contribution in [3.63, 3.8) is 0 Å². The summed E-state index contributed by atoms with van der Waals surface area (Å²) in [6.07, 6.45) is 0. The van der Waals surface area contributed by atoms with Crippen LogP contribution in [0.5, 0.6) is 34.5 Å². The molecule has 622 valence electrons. The van der Waals surface area contributed by atoms with Crippen molar-refractivity contribution >= 4 is 73.6 Å². The maximum atomic E-state index is 13.9. The standard InChI is InChI=1S/C57H41N5O6S2.C19H13N5.C12H8F2O2S.C12H10O2.CH4/c1-38-14-30-46(31-15-38)69(63,64)48-34-26-44(27-35-48)67-42-22-16-39(17-23-42)40-18-24-43(25-19-40)68-45-28-36-49(37-29-45)70(65,66)47-32-20-41(21-33-47)62-55-13-6-4-9-51(55)60-57(62)53-11-7-10-52(58-53)56-59-50-8-3-5-12-54(50)61(56)2;1-2-7-13-12(6-1)21-18(22-13)16-10-5-11-17(20-16)19-23-14-8-3-4-9-15(14)24-19;13-9-1-5-11(6-2-9)17(15,16)12-7-3-10(14)4-8-12;13-11-5-1-9(2-6-11)10-3-7-12(14)8-4-10;/h3-37H,1-2H3;1-11H,(H,21,22)(H,23,24);1-8H;1-8,13-14H;1H4. The van der Waals surface area contributed by atoms with Gasteiger partial charge in [-0.2, -0.15) is 0 Å². The van der Waals surface area contributed by atoms with Gasteiger partial charge in [-0.3, -0.25) is 4.57 Å². The van der Waals surface area contributed by atoms with Crippen molar-refractivity contribution in [2.45, 2.75) is 43.7 Å². The molecule has 20 nitrogen and oxygen atoms in total. The monoisotopic (exact) mass is 1720 g/mol. The molecule has 14 aromatic carbocycles. The van der Waals surface area contributed by atoms with Crippen molar-refractivity contribution < 1.29 is 53.7 Å². The number of para-hydroxylation sites is 8. The number of H-pyrrole nitrogens is 2. The lowest BCUT2D eigenvalue weighted by molar-refractivity contribution is 0.474. The molecule has 0 spiro atoms. The first-order chi connectivity index (χ1) is 60.6. The first-order valence-electron chi connectivity index (χ1n) is 39.1. The maximum Gasteiger partial charge on any atom is 0.206 e. The highest BCUT2D eigenvalue weighted by atomic mass is 32.2. The van der Waals surface area contributed by atoms with Crippen molar-refractivity contribution in [1.82, 2.24) is 49.0 Å². The number of imidazole rings is 4. The Morgan fingerprint density at radius 1 is 0.302 bits per heavy atom. The van der Waals surface area contributed by atoms with Crippen LogP contribution in [0.1, 0.15) is 13.0 Å². The number of nitrogens with zero attached hydrogens (tertiary/aromatic N) is 8. The molecular formula is C101H76F2N10O10S3.